The Hall–Kier alpha value is -1.59. The van der Waals surface area contributed by atoms with Gasteiger partial charge in [-0.15, -0.1) is 0 Å². The second kappa shape index (κ2) is 6.37. The summed E-state index contributed by atoms with van der Waals surface area (Å²) in [6.45, 7) is 6.41. The van der Waals surface area contributed by atoms with E-state index in [1.165, 1.54) is 5.56 Å². The Bertz CT molecular complexity index is 590. The summed E-state index contributed by atoms with van der Waals surface area (Å²) in [7, 11) is 0. The van der Waals surface area contributed by atoms with Crippen molar-refractivity contribution in [1.29, 1.82) is 0 Å². The molecule has 0 aromatic heterocycles. The number of carbonyl (C=O) groups excluding carboxylic acids is 1. The molecule has 1 N–H and O–H groups in total. The summed E-state index contributed by atoms with van der Waals surface area (Å²) in [5.41, 5.74) is 1.23. The maximum atomic E-state index is 12.4. The predicted molar refractivity (Wildman–Crippen MR) is 92.9 cm³/mol. The highest BCUT2D eigenvalue weighted by Crippen LogP contribution is 2.36. The van der Waals surface area contributed by atoms with Crippen LogP contribution in [0, 0.1) is 0 Å². The number of nitrogens with zero attached hydrogens (tertiary/aromatic N) is 2. The summed E-state index contributed by atoms with van der Waals surface area (Å²) >= 11 is 0. The smallest absolute Gasteiger partial charge is 0.317 e. The van der Waals surface area contributed by atoms with Crippen LogP contribution in [-0.2, 0) is 4.74 Å². The van der Waals surface area contributed by atoms with E-state index in [-0.39, 0.29) is 17.7 Å². The van der Waals surface area contributed by atoms with E-state index in [2.05, 4.69) is 41.4 Å². The molecule has 1 aromatic carbocycles. The van der Waals surface area contributed by atoms with Crippen molar-refractivity contribution in [1.82, 2.24) is 15.1 Å². The first-order chi connectivity index (χ1) is 11.7. The van der Waals surface area contributed by atoms with Crippen molar-refractivity contribution in [2.45, 2.75) is 43.9 Å². The quantitative estimate of drug-likeness (QED) is 0.926. The van der Waals surface area contributed by atoms with Crippen molar-refractivity contribution >= 4 is 6.03 Å². The fourth-order valence-electron chi connectivity index (χ4n) is 4.03. The van der Waals surface area contributed by atoms with E-state index in [9.17, 15) is 4.79 Å². The van der Waals surface area contributed by atoms with Crippen molar-refractivity contribution in [3.05, 3.63) is 35.9 Å². The first-order valence-corrected chi connectivity index (χ1v) is 9.17. The van der Waals surface area contributed by atoms with Crippen LogP contribution in [-0.4, -0.2) is 60.2 Å². The highest BCUT2D eigenvalue weighted by Gasteiger charge is 2.48. The van der Waals surface area contributed by atoms with Gasteiger partial charge in [0, 0.05) is 25.7 Å². The molecule has 130 valence electrons. The highest BCUT2D eigenvalue weighted by atomic mass is 16.5. The largest absolute Gasteiger partial charge is 0.370 e. The molecule has 1 aromatic rings. The van der Waals surface area contributed by atoms with Gasteiger partial charge in [0.1, 0.15) is 0 Å². The lowest BCUT2D eigenvalue weighted by atomic mass is 9.93. The summed E-state index contributed by atoms with van der Waals surface area (Å²) in [6, 6.07) is 11.0. The molecule has 5 heteroatoms. The molecule has 1 spiro atoms. The number of rotatable bonds is 3. The number of morpholine rings is 1. The minimum Gasteiger partial charge on any atom is -0.370 e. The van der Waals surface area contributed by atoms with Crippen LogP contribution in [0.15, 0.2) is 30.3 Å². The van der Waals surface area contributed by atoms with E-state index in [1.54, 1.807) is 0 Å². The monoisotopic (exact) mass is 329 g/mol. The maximum absolute atomic E-state index is 12.4. The molecule has 2 saturated heterocycles. The number of urea groups is 1. The summed E-state index contributed by atoms with van der Waals surface area (Å²) in [6.07, 6.45) is 3.40. The van der Waals surface area contributed by atoms with E-state index in [0.717, 1.165) is 45.4 Å². The van der Waals surface area contributed by atoms with Crippen LogP contribution < -0.4 is 5.32 Å². The number of carbonyl (C=O) groups is 1. The summed E-state index contributed by atoms with van der Waals surface area (Å²) in [5, 5.41) is 3.11. The van der Waals surface area contributed by atoms with Crippen molar-refractivity contribution in [3.8, 4) is 0 Å². The van der Waals surface area contributed by atoms with Crippen LogP contribution >= 0.6 is 0 Å². The summed E-state index contributed by atoms with van der Waals surface area (Å²) in [5.74, 6) is 0. The minimum absolute atomic E-state index is 0.0130. The van der Waals surface area contributed by atoms with Crippen molar-refractivity contribution < 1.29 is 9.53 Å². The third-order valence-electron chi connectivity index (χ3n) is 5.69. The molecule has 2 amide bonds. The van der Waals surface area contributed by atoms with Crippen LogP contribution in [0.5, 0.6) is 0 Å². The molecule has 0 radical (unpaired) electrons. The zero-order valence-electron chi connectivity index (χ0n) is 14.4. The van der Waals surface area contributed by atoms with Gasteiger partial charge in [0.25, 0.3) is 0 Å². The average Bonchev–Trinajstić information content (AvgIpc) is 3.34. The van der Waals surface area contributed by atoms with E-state index in [1.807, 2.05) is 11.0 Å². The van der Waals surface area contributed by atoms with Gasteiger partial charge in [-0.25, -0.2) is 4.79 Å². The first kappa shape index (κ1) is 15.9. The standard InChI is InChI=1S/C19H27N3O2/c1-2-22-12-17(15-6-4-3-5-7-15)24-14-19(22)10-11-21(13-19)18(23)20-16-8-9-16/h3-7,16-17H,2,8-14H2,1H3,(H,20,23)/t17-,19+/m0/s1. The topological polar surface area (TPSA) is 44.8 Å². The number of nitrogens with one attached hydrogen (secondary N) is 1. The van der Waals surface area contributed by atoms with Gasteiger partial charge in [0.15, 0.2) is 0 Å². The lowest BCUT2D eigenvalue weighted by Crippen LogP contribution is -2.59. The number of likely N-dealkylation sites (N-methyl/N-ethyl adjacent to an activating group) is 1. The van der Waals surface area contributed by atoms with Gasteiger partial charge in [-0.1, -0.05) is 37.3 Å². The van der Waals surface area contributed by atoms with Gasteiger partial charge >= 0.3 is 6.03 Å². The number of amides is 2. The number of benzene rings is 1. The third kappa shape index (κ3) is 3.03. The van der Waals surface area contributed by atoms with Gasteiger partial charge in [-0.05, 0) is 31.4 Å². The molecule has 4 rings (SSSR count). The van der Waals surface area contributed by atoms with Gasteiger partial charge in [-0.2, -0.15) is 0 Å². The second-order valence-electron chi connectivity index (χ2n) is 7.37. The number of ether oxygens (including phenoxy) is 1. The average molecular weight is 329 g/mol. The van der Waals surface area contributed by atoms with Gasteiger partial charge in [0.2, 0.25) is 0 Å². The van der Waals surface area contributed by atoms with Crippen molar-refractivity contribution in [2.75, 3.05) is 32.8 Å². The molecular weight excluding hydrogens is 302 g/mol. The lowest BCUT2D eigenvalue weighted by molar-refractivity contribution is -0.107. The Morgan fingerprint density at radius 3 is 2.83 bits per heavy atom. The molecular formula is C19H27N3O2. The summed E-state index contributed by atoms with van der Waals surface area (Å²) in [4.78, 5) is 16.9. The molecule has 2 aliphatic heterocycles. The molecule has 0 unspecified atom stereocenters. The van der Waals surface area contributed by atoms with E-state index in [0.29, 0.717) is 12.6 Å². The molecule has 2 heterocycles. The molecule has 24 heavy (non-hydrogen) atoms. The van der Waals surface area contributed by atoms with Crippen LogP contribution in [0.25, 0.3) is 0 Å². The molecule has 3 aliphatic rings. The Morgan fingerprint density at radius 1 is 1.33 bits per heavy atom. The molecule has 5 nitrogen and oxygen atoms in total. The van der Waals surface area contributed by atoms with Crippen LogP contribution in [0.3, 0.4) is 0 Å². The predicted octanol–water partition coefficient (Wildman–Crippen LogP) is 2.40. The number of hydrogen-bond acceptors (Lipinski definition) is 3. The van der Waals surface area contributed by atoms with Crippen molar-refractivity contribution in [2.24, 2.45) is 0 Å². The lowest BCUT2D eigenvalue weighted by Gasteiger charge is -2.47. The Morgan fingerprint density at radius 2 is 2.12 bits per heavy atom. The van der Waals surface area contributed by atoms with E-state index >= 15 is 0 Å². The Kier molecular flexibility index (Phi) is 4.22. The zero-order chi connectivity index (χ0) is 16.6. The van der Waals surface area contributed by atoms with Crippen LogP contribution in [0.2, 0.25) is 0 Å². The molecule has 1 aliphatic carbocycles. The molecule has 2 atom stereocenters. The first-order valence-electron chi connectivity index (χ1n) is 9.17. The Labute approximate surface area is 144 Å². The van der Waals surface area contributed by atoms with Gasteiger partial charge in [-0.3, -0.25) is 4.90 Å². The van der Waals surface area contributed by atoms with Crippen LogP contribution in [0.1, 0.15) is 37.9 Å². The maximum Gasteiger partial charge on any atom is 0.317 e. The fraction of sp³-hybridized carbons (Fsp3) is 0.632. The molecule has 3 fully saturated rings. The highest BCUT2D eigenvalue weighted by molar-refractivity contribution is 5.75. The number of likely N-dealkylation sites (tertiary alicyclic amines) is 1. The Balaban J connectivity index is 1.43. The number of hydrogen-bond donors (Lipinski definition) is 1. The minimum atomic E-state index is -0.0130. The van der Waals surface area contributed by atoms with Crippen LogP contribution in [0.4, 0.5) is 4.79 Å². The third-order valence-corrected chi connectivity index (χ3v) is 5.69. The summed E-state index contributed by atoms with van der Waals surface area (Å²) < 4.78 is 6.26. The molecule has 1 saturated carbocycles. The van der Waals surface area contributed by atoms with Crippen molar-refractivity contribution in [3.63, 3.8) is 0 Å². The fourth-order valence-corrected chi connectivity index (χ4v) is 4.03. The SMILES string of the molecule is CCN1C[C@@H](c2ccccc2)OC[C@]12CCN(C(=O)NC1CC1)C2. The zero-order valence-corrected chi connectivity index (χ0v) is 14.4. The van der Waals surface area contributed by atoms with Gasteiger partial charge < -0.3 is 15.0 Å². The van der Waals surface area contributed by atoms with Gasteiger partial charge in [0.05, 0.1) is 18.2 Å². The van der Waals surface area contributed by atoms with E-state index in [4.69, 9.17) is 4.74 Å². The molecule has 0 bridgehead atoms. The normalized spacial score (nSPS) is 30.7. The van der Waals surface area contributed by atoms with E-state index < -0.39 is 0 Å². The second-order valence-corrected chi connectivity index (χ2v) is 7.37.